The number of fused-ring (bicyclic) bond motifs is 1. The molecule has 7 heteroatoms. The van der Waals surface area contributed by atoms with Crippen LogP contribution in [-0.4, -0.2) is 16.1 Å². The van der Waals surface area contributed by atoms with Gasteiger partial charge in [-0.3, -0.25) is 15.5 Å². The van der Waals surface area contributed by atoms with Crippen molar-refractivity contribution in [2.75, 3.05) is 5.43 Å². The minimum atomic E-state index is -0.557. The molecule has 0 radical (unpaired) electrons. The van der Waals surface area contributed by atoms with Gasteiger partial charge >= 0.3 is 0 Å². The van der Waals surface area contributed by atoms with E-state index in [1.165, 1.54) is 18.3 Å². The summed E-state index contributed by atoms with van der Waals surface area (Å²) >= 11 is 0. The number of anilines is 1. The van der Waals surface area contributed by atoms with E-state index in [0.29, 0.717) is 5.82 Å². The van der Waals surface area contributed by atoms with E-state index in [-0.39, 0.29) is 17.0 Å². The van der Waals surface area contributed by atoms with E-state index >= 15 is 0 Å². The number of benzene rings is 2. The number of rotatable bonds is 4. The van der Waals surface area contributed by atoms with Crippen molar-refractivity contribution in [2.24, 2.45) is 5.10 Å². The molecule has 0 fully saturated rings. The third-order valence-electron chi connectivity index (χ3n) is 3.51. The fraction of sp³-hybridized carbons (Fsp3) is 0.0588. The van der Waals surface area contributed by atoms with Gasteiger partial charge < -0.3 is 5.11 Å². The average Bonchev–Trinajstić information content (AvgIpc) is 2.56. The number of nitrogens with one attached hydrogen (secondary N) is 1. The van der Waals surface area contributed by atoms with E-state index in [1.807, 2.05) is 37.3 Å². The maximum atomic E-state index is 11.7. The Morgan fingerprint density at radius 2 is 2.00 bits per heavy atom. The van der Waals surface area contributed by atoms with E-state index in [1.54, 1.807) is 0 Å². The number of hydrogen-bond donors (Lipinski definition) is 1. The van der Waals surface area contributed by atoms with Crippen molar-refractivity contribution in [3.63, 3.8) is 0 Å². The number of nitro benzene ring substituents is 1. The van der Waals surface area contributed by atoms with Gasteiger partial charge in [0.2, 0.25) is 0 Å². The van der Waals surface area contributed by atoms with Crippen LogP contribution in [0.2, 0.25) is 0 Å². The summed E-state index contributed by atoms with van der Waals surface area (Å²) in [6.45, 7) is 1.97. The van der Waals surface area contributed by atoms with Crippen LogP contribution in [-0.2, 0) is 0 Å². The number of aromatic nitrogens is 1. The molecule has 1 heterocycles. The summed E-state index contributed by atoms with van der Waals surface area (Å²) in [7, 11) is 0. The minimum absolute atomic E-state index is 0.134. The number of para-hydroxylation sites is 1. The minimum Gasteiger partial charge on any atom is -0.872 e. The molecule has 24 heavy (non-hydrogen) atoms. The van der Waals surface area contributed by atoms with Crippen molar-refractivity contribution in [3.05, 3.63) is 69.8 Å². The van der Waals surface area contributed by atoms with Gasteiger partial charge in [-0.1, -0.05) is 30.0 Å². The highest BCUT2D eigenvalue weighted by Crippen LogP contribution is 2.21. The summed E-state index contributed by atoms with van der Waals surface area (Å²) < 4.78 is 0. The first-order valence-corrected chi connectivity index (χ1v) is 7.15. The fourth-order valence-corrected chi connectivity index (χ4v) is 2.32. The van der Waals surface area contributed by atoms with Crippen LogP contribution in [0.5, 0.6) is 5.75 Å². The molecule has 0 amide bonds. The molecule has 0 aliphatic carbocycles. The Labute approximate surface area is 137 Å². The van der Waals surface area contributed by atoms with E-state index in [4.69, 9.17) is 0 Å². The van der Waals surface area contributed by atoms with Crippen molar-refractivity contribution in [2.45, 2.75) is 6.92 Å². The Hall–Kier alpha value is -3.48. The first-order valence-electron chi connectivity index (χ1n) is 7.15. The van der Waals surface area contributed by atoms with Crippen molar-refractivity contribution in [3.8, 4) is 5.75 Å². The summed E-state index contributed by atoms with van der Waals surface area (Å²) in [5.74, 6) is 0.189. The molecular formula is C17H13N4O3-. The van der Waals surface area contributed by atoms with Crippen LogP contribution in [0.3, 0.4) is 0 Å². The molecule has 2 aromatic carbocycles. The summed E-state index contributed by atoms with van der Waals surface area (Å²) in [4.78, 5) is 14.6. The molecule has 0 bridgehead atoms. The van der Waals surface area contributed by atoms with Gasteiger partial charge in [0.25, 0.3) is 5.69 Å². The zero-order valence-electron chi connectivity index (χ0n) is 12.8. The van der Waals surface area contributed by atoms with Gasteiger partial charge in [0.05, 0.1) is 16.7 Å². The third kappa shape index (κ3) is 3.14. The van der Waals surface area contributed by atoms with E-state index in [2.05, 4.69) is 15.5 Å². The topological polar surface area (TPSA) is 103 Å². The molecule has 1 aromatic heterocycles. The number of hydrogen-bond acceptors (Lipinski definition) is 6. The second kappa shape index (κ2) is 6.33. The normalized spacial score (nSPS) is 11.0. The van der Waals surface area contributed by atoms with Gasteiger partial charge in [0, 0.05) is 17.5 Å². The SMILES string of the molecule is Cc1cc(N/N=C\c2cc([N+](=O)[O-])ccc2[O-])nc2ccccc12. The lowest BCUT2D eigenvalue weighted by Gasteiger charge is -2.09. The van der Waals surface area contributed by atoms with Gasteiger partial charge in [0.15, 0.2) is 0 Å². The van der Waals surface area contributed by atoms with Crippen LogP contribution in [0, 0.1) is 17.0 Å². The Bertz CT molecular complexity index is 954. The van der Waals surface area contributed by atoms with Crippen molar-refractivity contribution >= 4 is 28.6 Å². The molecule has 0 aliphatic rings. The number of aryl methyl sites for hydroxylation is 1. The van der Waals surface area contributed by atoms with Gasteiger partial charge in [-0.05, 0) is 30.2 Å². The van der Waals surface area contributed by atoms with Crippen molar-refractivity contribution < 1.29 is 10.0 Å². The van der Waals surface area contributed by atoms with Crippen LogP contribution >= 0.6 is 0 Å². The number of pyridine rings is 1. The molecule has 0 unspecified atom stereocenters. The average molecular weight is 321 g/mol. The highest BCUT2D eigenvalue weighted by molar-refractivity contribution is 5.86. The molecule has 0 saturated heterocycles. The summed E-state index contributed by atoms with van der Waals surface area (Å²) in [6, 6.07) is 13.1. The first-order chi connectivity index (χ1) is 11.5. The van der Waals surface area contributed by atoms with Gasteiger partial charge in [0.1, 0.15) is 5.82 Å². The zero-order chi connectivity index (χ0) is 17.1. The third-order valence-corrected chi connectivity index (χ3v) is 3.51. The van der Waals surface area contributed by atoms with Crippen molar-refractivity contribution in [1.29, 1.82) is 0 Å². The predicted molar refractivity (Wildman–Crippen MR) is 90.2 cm³/mol. The first kappa shape index (κ1) is 15.4. The molecule has 0 atom stereocenters. The largest absolute Gasteiger partial charge is 0.872 e. The van der Waals surface area contributed by atoms with Crippen molar-refractivity contribution in [1.82, 2.24) is 4.98 Å². The van der Waals surface area contributed by atoms with Crippen LogP contribution in [0.1, 0.15) is 11.1 Å². The molecule has 0 saturated carbocycles. The van der Waals surface area contributed by atoms with Crippen LogP contribution in [0.4, 0.5) is 11.5 Å². The number of nitrogens with zero attached hydrogens (tertiary/aromatic N) is 3. The fourth-order valence-electron chi connectivity index (χ4n) is 2.32. The lowest BCUT2D eigenvalue weighted by atomic mass is 10.1. The highest BCUT2D eigenvalue weighted by atomic mass is 16.6. The molecule has 0 aliphatic heterocycles. The molecule has 3 aromatic rings. The molecule has 7 nitrogen and oxygen atoms in total. The molecule has 3 rings (SSSR count). The van der Waals surface area contributed by atoms with Crippen LogP contribution < -0.4 is 10.5 Å². The van der Waals surface area contributed by atoms with E-state index in [0.717, 1.165) is 22.5 Å². The Balaban J connectivity index is 1.84. The van der Waals surface area contributed by atoms with Gasteiger partial charge in [-0.15, -0.1) is 0 Å². The predicted octanol–water partition coefficient (Wildman–Crippen LogP) is 2.97. The molecule has 0 spiro atoms. The molecule has 120 valence electrons. The standard InChI is InChI=1S/C17H14N4O3/c1-11-8-17(19-15-5-3-2-4-14(11)15)20-18-10-12-9-13(21(23)24)6-7-16(12)22/h2-10,22H,1H3,(H,19,20)/p-1/b18-10-. The lowest BCUT2D eigenvalue weighted by Crippen LogP contribution is -2.00. The highest BCUT2D eigenvalue weighted by Gasteiger charge is 2.05. The van der Waals surface area contributed by atoms with Gasteiger partial charge in [-0.25, -0.2) is 4.98 Å². The lowest BCUT2D eigenvalue weighted by molar-refractivity contribution is -0.385. The Kier molecular flexibility index (Phi) is 4.07. The Morgan fingerprint density at radius 1 is 1.21 bits per heavy atom. The van der Waals surface area contributed by atoms with E-state index < -0.39 is 4.92 Å². The molecule has 1 N–H and O–H groups in total. The summed E-state index contributed by atoms with van der Waals surface area (Å²) in [6.07, 6.45) is 1.25. The smallest absolute Gasteiger partial charge is 0.270 e. The van der Waals surface area contributed by atoms with Gasteiger partial charge in [-0.2, -0.15) is 5.10 Å². The van der Waals surface area contributed by atoms with E-state index in [9.17, 15) is 15.2 Å². The summed E-state index contributed by atoms with van der Waals surface area (Å²) in [5.41, 5.74) is 4.60. The van der Waals surface area contributed by atoms with Crippen LogP contribution in [0.25, 0.3) is 10.9 Å². The quantitative estimate of drug-likeness (QED) is 0.452. The maximum absolute atomic E-state index is 11.7. The zero-order valence-corrected chi connectivity index (χ0v) is 12.8. The number of nitro groups is 1. The molecular weight excluding hydrogens is 308 g/mol. The summed E-state index contributed by atoms with van der Waals surface area (Å²) in [5, 5.41) is 27.5. The maximum Gasteiger partial charge on any atom is 0.270 e. The number of hydrazone groups is 1. The monoisotopic (exact) mass is 321 g/mol. The van der Waals surface area contributed by atoms with Crippen LogP contribution in [0.15, 0.2) is 53.6 Å². The second-order valence-electron chi connectivity index (χ2n) is 5.19. The second-order valence-corrected chi connectivity index (χ2v) is 5.19. The number of non-ortho nitro benzene ring substituents is 1. The Morgan fingerprint density at radius 3 is 2.79 bits per heavy atom.